The van der Waals surface area contributed by atoms with Crippen LogP contribution >= 0.6 is 0 Å². The molecule has 15 heavy (non-hydrogen) atoms. The zero-order valence-corrected chi connectivity index (χ0v) is 10.7. The molecule has 0 aromatic rings. The second-order valence-corrected chi connectivity index (χ2v) is 6.48. The Morgan fingerprint density at radius 3 is 2.33 bits per heavy atom. The lowest BCUT2D eigenvalue weighted by Gasteiger charge is -2.10. The number of nitrogens with one attached hydrogen (secondary N) is 2. The van der Waals surface area contributed by atoms with E-state index in [9.17, 15) is 0 Å². The summed E-state index contributed by atoms with van der Waals surface area (Å²) < 4.78 is 0. The molecule has 1 saturated carbocycles. The smallest absolute Gasteiger partial charge is 0.0181 e. The topological polar surface area (TPSA) is 24.1 Å². The average Bonchev–Trinajstić information content (AvgIpc) is 2.62. The molecule has 2 heteroatoms. The first-order valence-electron chi connectivity index (χ1n) is 6.40. The van der Waals surface area contributed by atoms with E-state index < -0.39 is 0 Å². The predicted molar refractivity (Wildman–Crippen MR) is 64.9 cm³/mol. The minimum Gasteiger partial charge on any atom is -0.316 e. The second kappa shape index (κ2) is 3.74. The van der Waals surface area contributed by atoms with E-state index in [1.54, 1.807) is 0 Å². The van der Waals surface area contributed by atoms with Crippen molar-refractivity contribution in [3.05, 3.63) is 0 Å². The Kier molecular flexibility index (Phi) is 2.85. The summed E-state index contributed by atoms with van der Waals surface area (Å²) in [7, 11) is 0. The summed E-state index contributed by atoms with van der Waals surface area (Å²) >= 11 is 0. The first kappa shape index (κ1) is 11.4. The van der Waals surface area contributed by atoms with Gasteiger partial charge in [-0.1, -0.05) is 27.7 Å². The van der Waals surface area contributed by atoms with E-state index in [1.165, 1.54) is 32.5 Å². The van der Waals surface area contributed by atoms with E-state index in [0.717, 1.165) is 12.0 Å². The number of hydrogen-bond acceptors (Lipinski definition) is 2. The number of rotatable bonds is 4. The Bertz CT molecular complexity index is 213. The summed E-state index contributed by atoms with van der Waals surface area (Å²) in [5, 5.41) is 7.17. The van der Waals surface area contributed by atoms with Crippen molar-refractivity contribution in [1.82, 2.24) is 10.6 Å². The molecule has 1 aliphatic carbocycles. The molecule has 1 saturated heterocycles. The number of hydrogen-bond donors (Lipinski definition) is 2. The fraction of sp³-hybridized carbons (Fsp3) is 1.00. The molecule has 2 nitrogen and oxygen atoms in total. The Morgan fingerprint density at radius 1 is 1.20 bits per heavy atom. The quantitative estimate of drug-likeness (QED) is 0.742. The Hall–Kier alpha value is -0.0800. The molecule has 88 valence electrons. The van der Waals surface area contributed by atoms with Gasteiger partial charge in [0.1, 0.15) is 0 Å². The normalized spacial score (nSPS) is 33.2. The molecule has 2 N–H and O–H groups in total. The monoisotopic (exact) mass is 210 g/mol. The van der Waals surface area contributed by atoms with E-state index in [-0.39, 0.29) is 0 Å². The van der Waals surface area contributed by atoms with Crippen LogP contribution in [0.4, 0.5) is 0 Å². The lowest BCUT2D eigenvalue weighted by Crippen LogP contribution is -2.25. The molecule has 1 unspecified atom stereocenters. The van der Waals surface area contributed by atoms with Gasteiger partial charge in [0.25, 0.3) is 0 Å². The predicted octanol–water partition coefficient (Wildman–Crippen LogP) is 2.01. The summed E-state index contributed by atoms with van der Waals surface area (Å²) in [5.74, 6) is 0.919. The van der Waals surface area contributed by atoms with Crippen LogP contribution in [0.15, 0.2) is 0 Å². The van der Waals surface area contributed by atoms with Crippen LogP contribution in [0.2, 0.25) is 0 Å². The summed E-state index contributed by atoms with van der Waals surface area (Å²) in [6, 6.07) is 0.722. The van der Waals surface area contributed by atoms with E-state index in [4.69, 9.17) is 0 Å². The molecular formula is C13H26N2. The zero-order valence-electron chi connectivity index (χ0n) is 10.7. The lowest BCUT2D eigenvalue weighted by atomic mass is 10.0. The van der Waals surface area contributed by atoms with Gasteiger partial charge >= 0.3 is 0 Å². The highest BCUT2D eigenvalue weighted by Gasteiger charge is 2.64. The van der Waals surface area contributed by atoms with E-state index in [2.05, 4.69) is 38.3 Å². The fourth-order valence-corrected chi connectivity index (χ4v) is 3.10. The van der Waals surface area contributed by atoms with Crippen LogP contribution in [0, 0.1) is 16.7 Å². The van der Waals surface area contributed by atoms with Gasteiger partial charge in [0.05, 0.1) is 0 Å². The SMILES string of the molecule is CC1(C)C(NCCC2CCNC2)C1(C)C. The van der Waals surface area contributed by atoms with Crippen LogP contribution in [0.5, 0.6) is 0 Å². The van der Waals surface area contributed by atoms with Crippen LogP contribution in [0.1, 0.15) is 40.5 Å². The van der Waals surface area contributed by atoms with Gasteiger partial charge in [0.15, 0.2) is 0 Å². The largest absolute Gasteiger partial charge is 0.316 e. The first-order chi connectivity index (χ1) is 6.96. The molecule has 1 heterocycles. The van der Waals surface area contributed by atoms with E-state index in [1.807, 2.05) is 0 Å². The van der Waals surface area contributed by atoms with E-state index in [0.29, 0.717) is 10.8 Å². The first-order valence-corrected chi connectivity index (χ1v) is 6.40. The third-order valence-electron chi connectivity index (χ3n) is 5.08. The molecule has 2 fully saturated rings. The standard InChI is InChI=1S/C13H26N2/c1-12(2)11(13(12,3)4)15-8-6-10-5-7-14-9-10/h10-11,14-15H,5-9H2,1-4H3. The van der Waals surface area contributed by atoms with Gasteiger partial charge < -0.3 is 10.6 Å². The maximum absolute atomic E-state index is 3.74. The van der Waals surface area contributed by atoms with Crippen molar-refractivity contribution in [2.45, 2.75) is 46.6 Å². The van der Waals surface area contributed by atoms with Crippen molar-refractivity contribution in [3.63, 3.8) is 0 Å². The van der Waals surface area contributed by atoms with Crippen molar-refractivity contribution < 1.29 is 0 Å². The molecular weight excluding hydrogens is 184 g/mol. The summed E-state index contributed by atoms with van der Waals surface area (Å²) in [4.78, 5) is 0. The van der Waals surface area contributed by atoms with Crippen molar-refractivity contribution >= 4 is 0 Å². The minimum absolute atomic E-state index is 0.487. The lowest BCUT2D eigenvalue weighted by molar-refractivity contribution is 0.457. The van der Waals surface area contributed by atoms with E-state index >= 15 is 0 Å². The van der Waals surface area contributed by atoms with Crippen LogP contribution in [0.3, 0.4) is 0 Å². The van der Waals surface area contributed by atoms with Crippen molar-refractivity contribution in [1.29, 1.82) is 0 Å². The third kappa shape index (κ3) is 1.94. The molecule has 0 radical (unpaired) electrons. The molecule has 0 amide bonds. The summed E-state index contributed by atoms with van der Waals surface area (Å²) in [5.41, 5.74) is 0.974. The molecule has 0 bridgehead atoms. The minimum atomic E-state index is 0.487. The van der Waals surface area contributed by atoms with Crippen molar-refractivity contribution in [2.24, 2.45) is 16.7 Å². The molecule has 0 aromatic carbocycles. The van der Waals surface area contributed by atoms with Crippen LogP contribution in [-0.2, 0) is 0 Å². The Labute approximate surface area is 94.2 Å². The molecule has 0 spiro atoms. The average molecular weight is 210 g/mol. The fourth-order valence-electron chi connectivity index (χ4n) is 3.10. The van der Waals surface area contributed by atoms with Crippen LogP contribution in [-0.4, -0.2) is 25.7 Å². The highest BCUT2D eigenvalue weighted by Crippen LogP contribution is 2.62. The molecule has 2 rings (SSSR count). The van der Waals surface area contributed by atoms with Gasteiger partial charge in [-0.15, -0.1) is 0 Å². The van der Waals surface area contributed by atoms with Gasteiger partial charge in [0, 0.05) is 6.04 Å². The molecule has 1 aliphatic heterocycles. The summed E-state index contributed by atoms with van der Waals surface area (Å²) in [6.07, 6.45) is 2.72. The summed E-state index contributed by atoms with van der Waals surface area (Å²) in [6.45, 7) is 13.2. The Balaban J connectivity index is 1.67. The van der Waals surface area contributed by atoms with Crippen molar-refractivity contribution in [3.8, 4) is 0 Å². The maximum Gasteiger partial charge on any atom is 0.0181 e. The van der Waals surface area contributed by atoms with Crippen LogP contribution < -0.4 is 10.6 Å². The molecule has 1 atom stereocenters. The van der Waals surface area contributed by atoms with Gasteiger partial charge in [-0.2, -0.15) is 0 Å². The zero-order chi connectivity index (χ0) is 11.1. The highest BCUT2D eigenvalue weighted by atomic mass is 15.0. The van der Waals surface area contributed by atoms with Gasteiger partial charge in [-0.3, -0.25) is 0 Å². The molecule has 2 aliphatic rings. The highest BCUT2D eigenvalue weighted by molar-refractivity contribution is 5.17. The van der Waals surface area contributed by atoms with Gasteiger partial charge in [0.2, 0.25) is 0 Å². The second-order valence-electron chi connectivity index (χ2n) is 6.48. The van der Waals surface area contributed by atoms with Gasteiger partial charge in [-0.25, -0.2) is 0 Å². The van der Waals surface area contributed by atoms with Gasteiger partial charge in [-0.05, 0) is 49.2 Å². The third-order valence-corrected chi connectivity index (χ3v) is 5.08. The molecule has 0 aromatic heterocycles. The maximum atomic E-state index is 3.74. The van der Waals surface area contributed by atoms with Crippen LogP contribution in [0.25, 0.3) is 0 Å². The Morgan fingerprint density at radius 2 is 1.87 bits per heavy atom. The van der Waals surface area contributed by atoms with Crippen molar-refractivity contribution in [2.75, 3.05) is 19.6 Å².